The molecule has 0 radical (unpaired) electrons. The molecule has 16 heteroatoms. The first-order chi connectivity index (χ1) is 49.9. The minimum absolute atomic E-state index is 0.0254. The van der Waals surface area contributed by atoms with Crippen LogP contribution >= 0.6 is 0 Å². The quantitative estimate of drug-likeness (QED) is 0.102. The lowest BCUT2D eigenvalue weighted by Gasteiger charge is -2.23. The minimum atomic E-state index is -0.136. The first kappa shape index (κ1) is 63.7. The molecule has 18 rings (SSSR count). The summed E-state index contributed by atoms with van der Waals surface area (Å²) in [7, 11) is 3.18. The number of ether oxygens (including phenoxy) is 6. The molecule has 4 amide bonds. The van der Waals surface area contributed by atoms with Crippen LogP contribution in [-0.4, -0.2) is 74.4 Å². The molecular formula is C86H74N6O10. The lowest BCUT2D eigenvalue weighted by Crippen LogP contribution is -2.37. The summed E-state index contributed by atoms with van der Waals surface area (Å²) < 4.78 is 36.7. The number of aliphatic imine (C=N–C) groups is 2. The summed E-state index contributed by atoms with van der Waals surface area (Å²) >= 11 is 0. The Hall–Kier alpha value is -11.8. The van der Waals surface area contributed by atoms with Gasteiger partial charge in [0, 0.05) is 83.4 Å². The fourth-order valence-corrected chi connectivity index (χ4v) is 16.1. The van der Waals surface area contributed by atoms with Crippen LogP contribution in [0.25, 0.3) is 0 Å². The Morgan fingerprint density at radius 1 is 0.343 bits per heavy atom. The van der Waals surface area contributed by atoms with E-state index >= 15 is 0 Å². The van der Waals surface area contributed by atoms with Gasteiger partial charge >= 0.3 is 0 Å². The molecule has 0 aromatic heterocycles. The molecule has 8 heterocycles. The van der Waals surface area contributed by atoms with Gasteiger partial charge in [0.25, 0.3) is 23.6 Å². The molecular weight excluding hydrogens is 1280 g/mol. The third-order valence-corrected chi connectivity index (χ3v) is 21.2. The average molecular weight is 1350 g/mol. The SMILES string of the molecule is COc1cc2c(cc1OCc1cccc(COc3cc4c(cc3C)C(=O)N3c5ccccc5C[C@H]3C=N4)c1)N=C[C@@H]1Cc3ccccc3N1C2=O.COc1cc2c(cc1OCc1cccc(COc3cc4c(cc3C)C(=O)N3c5ccccc5C[C@H]3CC4)c1)CC[C@@H]1Cc3ccccc3N1C2=O. The van der Waals surface area contributed by atoms with Crippen LogP contribution in [0.4, 0.5) is 34.1 Å². The lowest BCUT2D eigenvalue weighted by atomic mass is 9.98. The van der Waals surface area contributed by atoms with Crippen molar-refractivity contribution in [2.75, 3.05) is 33.8 Å². The van der Waals surface area contributed by atoms with E-state index in [1.807, 2.05) is 173 Å². The molecule has 0 bridgehead atoms. The van der Waals surface area contributed by atoms with E-state index < -0.39 is 0 Å². The molecule has 0 aliphatic carbocycles. The number of para-hydroxylation sites is 4. The van der Waals surface area contributed by atoms with Gasteiger partial charge in [0.2, 0.25) is 0 Å². The molecule has 4 atom stereocenters. The monoisotopic (exact) mass is 1350 g/mol. The zero-order valence-electron chi connectivity index (χ0n) is 57.2. The highest BCUT2D eigenvalue weighted by Gasteiger charge is 2.41. The van der Waals surface area contributed by atoms with Gasteiger partial charge in [-0.3, -0.25) is 39.0 Å². The van der Waals surface area contributed by atoms with Crippen LogP contribution in [0.3, 0.4) is 0 Å². The third-order valence-electron chi connectivity index (χ3n) is 21.2. The number of hydrogen-bond acceptors (Lipinski definition) is 12. The van der Waals surface area contributed by atoms with Gasteiger partial charge in [0.1, 0.15) is 37.9 Å². The molecule has 0 unspecified atom stereocenters. The normalized spacial score (nSPS) is 18.2. The highest BCUT2D eigenvalue weighted by molar-refractivity contribution is 6.16. The van der Waals surface area contributed by atoms with Crippen LogP contribution in [0.15, 0.2) is 204 Å². The molecule has 102 heavy (non-hydrogen) atoms. The van der Waals surface area contributed by atoms with Gasteiger partial charge in [-0.1, -0.05) is 109 Å². The highest BCUT2D eigenvalue weighted by Crippen LogP contribution is 2.46. The molecule has 10 aromatic carbocycles. The Kier molecular flexibility index (Phi) is 16.5. The summed E-state index contributed by atoms with van der Waals surface area (Å²) in [6.07, 6.45) is 10.5. The number of methoxy groups -OCH3 is 2. The predicted molar refractivity (Wildman–Crippen MR) is 394 cm³/mol. The number of amides is 4. The number of fused-ring (bicyclic) bond motifs is 16. The van der Waals surface area contributed by atoms with Crippen molar-refractivity contribution >= 4 is 70.2 Å². The van der Waals surface area contributed by atoms with Gasteiger partial charge in [-0.25, -0.2) is 0 Å². The smallest absolute Gasteiger partial charge is 0.261 e. The van der Waals surface area contributed by atoms with Crippen LogP contribution < -0.4 is 48.0 Å². The van der Waals surface area contributed by atoms with Gasteiger partial charge < -0.3 is 38.2 Å². The molecule has 8 aliphatic heterocycles. The van der Waals surface area contributed by atoms with E-state index in [-0.39, 0.29) is 54.4 Å². The number of aryl methyl sites for hydroxylation is 4. The van der Waals surface area contributed by atoms with E-state index in [9.17, 15) is 19.2 Å². The van der Waals surface area contributed by atoms with Crippen molar-refractivity contribution in [3.63, 3.8) is 0 Å². The number of benzene rings is 10. The van der Waals surface area contributed by atoms with Crippen LogP contribution in [-0.2, 0) is 65.0 Å². The number of rotatable bonds is 14. The predicted octanol–water partition coefficient (Wildman–Crippen LogP) is 15.9. The van der Waals surface area contributed by atoms with Crippen molar-refractivity contribution in [2.45, 2.75) is 116 Å². The first-order valence-electron chi connectivity index (χ1n) is 35.0. The van der Waals surface area contributed by atoms with Gasteiger partial charge in [-0.05, 0) is 192 Å². The second-order valence-corrected chi connectivity index (χ2v) is 27.5. The lowest BCUT2D eigenvalue weighted by molar-refractivity contribution is 0.0973. The highest BCUT2D eigenvalue weighted by atomic mass is 16.5. The Labute approximate surface area is 592 Å². The number of nitrogens with zero attached hydrogens (tertiary/aromatic N) is 6. The van der Waals surface area contributed by atoms with Crippen LogP contribution in [0.2, 0.25) is 0 Å². The van der Waals surface area contributed by atoms with Crippen molar-refractivity contribution in [2.24, 2.45) is 9.98 Å². The molecule has 0 spiro atoms. The molecule has 508 valence electrons. The van der Waals surface area contributed by atoms with Crippen molar-refractivity contribution in [1.82, 2.24) is 0 Å². The Morgan fingerprint density at radius 2 is 0.686 bits per heavy atom. The third kappa shape index (κ3) is 11.6. The molecule has 16 nitrogen and oxygen atoms in total. The van der Waals surface area contributed by atoms with Crippen LogP contribution in [0, 0.1) is 13.8 Å². The maximum Gasteiger partial charge on any atom is 0.261 e. The second-order valence-electron chi connectivity index (χ2n) is 27.5. The molecule has 10 aromatic rings. The second kappa shape index (κ2) is 26.4. The maximum atomic E-state index is 13.8. The number of carbonyl (C=O) groups is 4. The van der Waals surface area contributed by atoms with Gasteiger partial charge in [0.05, 0.1) is 48.8 Å². The summed E-state index contributed by atoms with van der Waals surface area (Å²) in [4.78, 5) is 72.2. The Bertz CT molecular complexity index is 5160. The maximum absolute atomic E-state index is 13.8. The van der Waals surface area contributed by atoms with E-state index in [4.69, 9.17) is 38.4 Å². The molecule has 0 fully saturated rings. The van der Waals surface area contributed by atoms with Crippen molar-refractivity contribution in [3.8, 4) is 34.5 Å². The zero-order chi connectivity index (χ0) is 69.3. The fraction of sp³-hybridized carbons (Fsp3) is 0.233. The van der Waals surface area contributed by atoms with Gasteiger partial charge in [-0.15, -0.1) is 0 Å². The van der Waals surface area contributed by atoms with Crippen molar-refractivity contribution in [1.29, 1.82) is 0 Å². The molecule has 0 N–H and O–H groups in total. The largest absolute Gasteiger partial charge is 0.493 e. The van der Waals surface area contributed by atoms with Crippen LogP contribution in [0.5, 0.6) is 34.5 Å². The zero-order valence-corrected chi connectivity index (χ0v) is 57.2. The number of carbonyl (C=O) groups excluding carboxylic acids is 4. The summed E-state index contributed by atoms with van der Waals surface area (Å²) in [5, 5.41) is 0. The topological polar surface area (TPSA) is 161 Å². The first-order valence-corrected chi connectivity index (χ1v) is 35.0. The summed E-state index contributed by atoms with van der Waals surface area (Å²) in [5.41, 5.74) is 20.2. The summed E-state index contributed by atoms with van der Waals surface area (Å²) in [6, 6.07) is 64.0. The van der Waals surface area contributed by atoms with Crippen LogP contribution in [0.1, 0.15) is 121 Å². The Morgan fingerprint density at radius 3 is 1.15 bits per heavy atom. The van der Waals surface area contributed by atoms with Gasteiger partial charge in [-0.2, -0.15) is 0 Å². The van der Waals surface area contributed by atoms with E-state index in [1.165, 1.54) is 11.1 Å². The minimum Gasteiger partial charge on any atom is -0.493 e. The van der Waals surface area contributed by atoms with E-state index in [0.29, 0.717) is 76.6 Å². The molecule has 0 saturated heterocycles. The standard InChI is InChI=1S/C44H40N2O5.C42H34N4O5/c1-27-18-36-30(14-16-34-20-32-10-3-5-12-38(32)45(34)43(36)47)22-40(27)50-25-28-8-7-9-29(19-28)26-51-42-23-31-15-17-35-21-33-11-4-6-13-39(33)46(35)44(48)37(31)24-41(42)49-2;1-25-14-32-34(43-21-30-16-28-10-3-5-12-36(28)45(30)41(32)47)19-38(25)50-23-26-8-7-9-27(15-26)24-51-40-20-35-33(18-39(40)49-2)42(48)46-31(22-44-35)17-29-11-4-6-13-37(29)46/h3-13,18-19,22-24,34-35H,14-17,20-21,25-26H2,1-2H3;3-15,18-22,30-31H,16-17,23-24H2,1-2H3/t34-,35-;30-,31-/m10/s1. The average Bonchev–Trinajstić information content (AvgIpc) is 1.63. The number of hydrogen-bond donors (Lipinski definition) is 0. The molecule has 8 aliphatic rings. The van der Waals surface area contributed by atoms with Crippen molar-refractivity contribution < 1.29 is 47.6 Å². The van der Waals surface area contributed by atoms with Gasteiger partial charge in [0.15, 0.2) is 23.0 Å². The van der Waals surface area contributed by atoms with E-state index in [0.717, 1.165) is 141 Å². The summed E-state index contributed by atoms with van der Waals surface area (Å²) in [5.74, 6) is 3.59. The Balaban J connectivity index is 0.000000152. The van der Waals surface area contributed by atoms with E-state index in [2.05, 4.69) is 54.6 Å². The fourth-order valence-electron chi connectivity index (χ4n) is 16.1. The molecule has 0 saturated carbocycles. The van der Waals surface area contributed by atoms with Crippen molar-refractivity contribution in [3.05, 3.63) is 283 Å². The van der Waals surface area contributed by atoms with E-state index in [1.54, 1.807) is 26.4 Å². The number of anilines is 4. The summed E-state index contributed by atoms with van der Waals surface area (Å²) in [6.45, 7) is 5.31.